The molecule has 0 aromatic heterocycles. The van der Waals surface area contributed by atoms with Gasteiger partial charge in [-0.2, -0.15) is 0 Å². The molecule has 2 aliphatic heterocycles. The largest absolute Gasteiger partial charge is 0.493 e. The van der Waals surface area contributed by atoms with Crippen molar-refractivity contribution in [2.24, 2.45) is 5.92 Å². The van der Waals surface area contributed by atoms with E-state index in [-0.39, 0.29) is 24.7 Å². The van der Waals surface area contributed by atoms with E-state index in [4.69, 9.17) is 9.47 Å². The van der Waals surface area contributed by atoms with Crippen molar-refractivity contribution in [3.05, 3.63) is 18.2 Å². The number of carbonyl (C=O) groups excluding carboxylic acids is 1. The van der Waals surface area contributed by atoms with Gasteiger partial charge in [0.05, 0.1) is 13.2 Å². The fraction of sp³-hybridized carbons (Fsp3) is 0.682. The molecule has 2 amide bonds. The molecule has 0 unspecified atom stereocenters. The van der Waals surface area contributed by atoms with Gasteiger partial charge < -0.3 is 29.3 Å². The summed E-state index contributed by atoms with van der Waals surface area (Å²) in [6, 6.07) is 6.25. The summed E-state index contributed by atoms with van der Waals surface area (Å²) >= 11 is 0. The lowest BCUT2D eigenvalue weighted by atomic mass is 10.1. The van der Waals surface area contributed by atoms with E-state index in [9.17, 15) is 9.90 Å². The van der Waals surface area contributed by atoms with Gasteiger partial charge in [0, 0.05) is 63.5 Å². The van der Waals surface area contributed by atoms with E-state index in [1.807, 2.05) is 15.9 Å². The maximum Gasteiger partial charge on any atom is 0.320 e. The van der Waals surface area contributed by atoms with Gasteiger partial charge in [0.25, 0.3) is 0 Å². The second kappa shape index (κ2) is 9.11. The van der Waals surface area contributed by atoms with Crippen molar-refractivity contribution in [1.82, 2.24) is 9.80 Å². The monoisotopic (exact) mass is 403 g/mol. The van der Waals surface area contributed by atoms with Crippen LogP contribution >= 0.6 is 0 Å². The van der Waals surface area contributed by atoms with Crippen LogP contribution < -0.4 is 14.4 Å². The van der Waals surface area contributed by atoms with Gasteiger partial charge in [0.1, 0.15) is 0 Å². The number of amides is 2. The number of aliphatic hydroxyl groups is 1. The zero-order valence-corrected chi connectivity index (χ0v) is 17.4. The molecular weight excluding hydrogens is 370 g/mol. The maximum atomic E-state index is 12.8. The number of rotatable bonds is 5. The quantitative estimate of drug-likeness (QED) is 0.819. The summed E-state index contributed by atoms with van der Waals surface area (Å²) < 4.78 is 11.7. The molecule has 1 saturated carbocycles. The Bertz CT molecular complexity index is 699. The van der Waals surface area contributed by atoms with Crippen LogP contribution in [-0.2, 0) is 0 Å². The summed E-state index contributed by atoms with van der Waals surface area (Å²) in [5.41, 5.74) is 1.12. The van der Waals surface area contributed by atoms with Crippen molar-refractivity contribution in [2.75, 3.05) is 57.9 Å². The Balaban J connectivity index is 1.36. The normalized spacial score (nSPS) is 23.0. The topological polar surface area (TPSA) is 65.5 Å². The van der Waals surface area contributed by atoms with Gasteiger partial charge in [-0.25, -0.2) is 4.79 Å². The number of ether oxygens (including phenoxy) is 2. The van der Waals surface area contributed by atoms with E-state index in [0.717, 1.165) is 56.1 Å². The van der Waals surface area contributed by atoms with Gasteiger partial charge >= 0.3 is 6.03 Å². The first-order valence-electron chi connectivity index (χ1n) is 10.9. The van der Waals surface area contributed by atoms with Gasteiger partial charge in [0.15, 0.2) is 11.5 Å². The Hall–Kier alpha value is -2.15. The van der Waals surface area contributed by atoms with Crippen molar-refractivity contribution in [3.63, 3.8) is 0 Å². The number of benzene rings is 1. The van der Waals surface area contributed by atoms with Gasteiger partial charge in [-0.15, -0.1) is 0 Å². The SMILES string of the molecule is COc1ccc(N2CCN(C(=O)N3CC[C@@H](CO)C3)CC2)cc1OC1CCCC1. The van der Waals surface area contributed by atoms with Crippen LogP contribution in [0.2, 0.25) is 0 Å². The summed E-state index contributed by atoms with van der Waals surface area (Å²) in [6.45, 7) is 4.63. The number of piperazine rings is 1. The lowest BCUT2D eigenvalue weighted by molar-refractivity contribution is 0.154. The third-order valence-corrected chi connectivity index (χ3v) is 6.47. The van der Waals surface area contributed by atoms with E-state index in [1.54, 1.807) is 7.11 Å². The van der Waals surface area contributed by atoms with E-state index >= 15 is 0 Å². The van der Waals surface area contributed by atoms with Crippen LogP contribution in [0.3, 0.4) is 0 Å². The number of likely N-dealkylation sites (tertiary alicyclic amines) is 1. The summed E-state index contributed by atoms with van der Waals surface area (Å²) in [5, 5.41) is 9.31. The molecule has 3 aliphatic rings. The van der Waals surface area contributed by atoms with Gasteiger partial charge in [-0.1, -0.05) is 0 Å². The summed E-state index contributed by atoms with van der Waals surface area (Å²) in [4.78, 5) is 18.9. The van der Waals surface area contributed by atoms with Crippen molar-refractivity contribution in [1.29, 1.82) is 0 Å². The van der Waals surface area contributed by atoms with Crippen molar-refractivity contribution >= 4 is 11.7 Å². The van der Waals surface area contributed by atoms with E-state index in [1.165, 1.54) is 12.8 Å². The Morgan fingerprint density at radius 2 is 1.79 bits per heavy atom. The fourth-order valence-electron chi connectivity index (χ4n) is 4.65. The lowest BCUT2D eigenvalue weighted by Gasteiger charge is -2.38. The fourth-order valence-corrected chi connectivity index (χ4v) is 4.65. The average Bonchev–Trinajstić information content (AvgIpc) is 3.45. The third-order valence-electron chi connectivity index (χ3n) is 6.47. The van der Waals surface area contributed by atoms with E-state index in [2.05, 4.69) is 17.0 Å². The average molecular weight is 404 g/mol. The van der Waals surface area contributed by atoms with E-state index < -0.39 is 0 Å². The van der Waals surface area contributed by atoms with Crippen LogP contribution in [0.1, 0.15) is 32.1 Å². The molecule has 0 radical (unpaired) electrons. The highest BCUT2D eigenvalue weighted by Gasteiger charge is 2.31. The second-order valence-electron chi connectivity index (χ2n) is 8.40. The number of aliphatic hydroxyl groups excluding tert-OH is 1. The predicted octanol–water partition coefficient (Wildman–Crippen LogP) is 2.57. The first kappa shape index (κ1) is 20.1. The minimum absolute atomic E-state index is 0.112. The molecular formula is C22H33N3O4. The van der Waals surface area contributed by atoms with Crippen LogP contribution in [0.4, 0.5) is 10.5 Å². The Morgan fingerprint density at radius 3 is 2.45 bits per heavy atom. The molecule has 1 N–H and O–H groups in total. The standard InChI is InChI=1S/C22H33N3O4/c1-28-20-7-6-18(14-21(20)29-19-4-2-3-5-19)23-10-12-24(13-11-23)22(27)25-9-8-17(15-25)16-26/h6-7,14,17,19,26H,2-5,8-13,15-16H2,1H3/t17-/m1/s1. The highest BCUT2D eigenvalue weighted by atomic mass is 16.5. The molecule has 1 aromatic rings. The highest BCUT2D eigenvalue weighted by Crippen LogP contribution is 2.35. The van der Waals surface area contributed by atoms with Gasteiger partial charge in [-0.05, 0) is 44.2 Å². The minimum Gasteiger partial charge on any atom is -0.493 e. The molecule has 7 nitrogen and oxygen atoms in total. The number of hydrogen-bond donors (Lipinski definition) is 1. The summed E-state index contributed by atoms with van der Waals surface area (Å²) in [7, 11) is 1.68. The van der Waals surface area contributed by atoms with Crippen LogP contribution in [0.5, 0.6) is 11.5 Å². The number of anilines is 1. The number of nitrogens with zero attached hydrogens (tertiary/aromatic N) is 3. The molecule has 0 spiro atoms. The van der Waals surface area contributed by atoms with Crippen LogP contribution in [0.25, 0.3) is 0 Å². The molecule has 160 valence electrons. The molecule has 1 aliphatic carbocycles. The van der Waals surface area contributed by atoms with Crippen LogP contribution in [0, 0.1) is 5.92 Å². The number of urea groups is 1. The Labute approximate surface area is 173 Å². The Morgan fingerprint density at radius 1 is 1.03 bits per heavy atom. The zero-order chi connectivity index (χ0) is 20.2. The second-order valence-corrected chi connectivity index (χ2v) is 8.40. The molecule has 1 aromatic carbocycles. The number of methoxy groups -OCH3 is 1. The first-order chi connectivity index (χ1) is 14.2. The molecule has 0 bridgehead atoms. The molecule has 3 fully saturated rings. The van der Waals surface area contributed by atoms with E-state index in [0.29, 0.717) is 19.6 Å². The number of carbonyl (C=O) groups is 1. The Kier molecular flexibility index (Phi) is 6.33. The third kappa shape index (κ3) is 4.55. The lowest BCUT2D eigenvalue weighted by Crippen LogP contribution is -2.52. The van der Waals surface area contributed by atoms with Crippen LogP contribution in [0.15, 0.2) is 18.2 Å². The van der Waals surface area contributed by atoms with Gasteiger partial charge in [-0.3, -0.25) is 0 Å². The van der Waals surface area contributed by atoms with Crippen molar-refractivity contribution < 1.29 is 19.4 Å². The molecule has 29 heavy (non-hydrogen) atoms. The minimum atomic E-state index is 0.112. The predicted molar refractivity (Wildman–Crippen MR) is 112 cm³/mol. The molecule has 2 saturated heterocycles. The zero-order valence-electron chi connectivity index (χ0n) is 17.4. The highest BCUT2D eigenvalue weighted by molar-refractivity contribution is 5.75. The molecule has 4 rings (SSSR count). The first-order valence-corrected chi connectivity index (χ1v) is 10.9. The van der Waals surface area contributed by atoms with Crippen LogP contribution in [-0.4, -0.2) is 80.0 Å². The maximum absolute atomic E-state index is 12.8. The summed E-state index contributed by atoms with van der Waals surface area (Å²) in [5.74, 6) is 1.84. The molecule has 7 heteroatoms. The molecule has 2 heterocycles. The van der Waals surface area contributed by atoms with Crippen molar-refractivity contribution in [3.8, 4) is 11.5 Å². The van der Waals surface area contributed by atoms with Gasteiger partial charge in [0.2, 0.25) is 0 Å². The molecule has 1 atom stereocenters. The number of hydrogen-bond acceptors (Lipinski definition) is 5. The smallest absolute Gasteiger partial charge is 0.320 e. The van der Waals surface area contributed by atoms with Crippen molar-refractivity contribution in [2.45, 2.75) is 38.2 Å². The summed E-state index contributed by atoms with van der Waals surface area (Å²) in [6.07, 6.45) is 5.88.